The number of carbonyl (C=O) groups is 1. The lowest BCUT2D eigenvalue weighted by molar-refractivity contribution is 0.00493. The number of carbonyl (C=O) groups excluding carboxylic acids is 1. The van der Waals surface area contributed by atoms with Crippen molar-refractivity contribution in [2.75, 3.05) is 31.6 Å². The summed E-state index contributed by atoms with van der Waals surface area (Å²) in [4.78, 5) is 19.9. The largest absolute Gasteiger partial charge is 0.379 e. The van der Waals surface area contributed by atoms with Crippen molar-refractivity contribution in [3.63, 3.8) is 0 Å². The van der Waals surface area contributed by atoms with Gasteiger partial charge >= 0.3 is 0 Å². The van der Waals surface area contributed by atoms with E-state index in [1.807, 2.05) is 54.2 Å². The Kier molecular flexibility index (Phi) is 6.67. The van der Waals surface area contributed by atoms with E-state index in [2.05, 4.69) is 27.3 Å². The van der Waals surface area contributed by atoms with Crippen LogP contribution < -0.4 is 5.32 Å². The third-order valence-electron chi connectivity index (χ3n) is 7.35. The third-order valence-corrected chi connectivity index (χ3v) is 7.35. The van der Waals surface area contributed by atoms with Gasteiger partial charge in [-0.2, -0.15) is 5.26 Å². The van der Waals surface area contributed by atoms with Crippen LogP contribution in [-0.4, -0.2) is 52.7 Å². The lowest BCUT2D eigenvalue weighted by Gasteiger charge is -2.41. The number of hydrogen-bond acceptors (Lipinski definition) is 5. The second-order valence-corrected chi connectivity index (χ2v) is 9.61. The summed E-state index contributed by atoms with van der Waals surface area (Å²) < 4.78 is 7.42. The molecule has 1 saturated carbocycles. The van der Waals surface area contributed by atoms with Gasteiger partial charge in [0.25, 0.3) is 5.91 Å². The van der Waals surface area contributed by atoms with Crippen LogP contribution >= 0.6 is 0 Å². The molecule has 0 bridgehead atoms. The average molecular weight is 470 g/mol. The van der Waals surface area contributed by atoms with Crippen LogP contribution in [-0.2, 0) is 10.2 Å². The molecule has 180 valence electrons. The van der Waals surface area contributed by atoms with Crippen LogP contribution in [0.2, 0.25) is 0 Å². The van der Waals surface area contributed by atoms with E-state index in [9.17, 15) is 10.1 Å². The van der Waals surface area contributed by atoms with Gasteiger partial charge in [0.1, 0.15) is 0 Å². The maximum Gasteiger partial charge on any atom is 0.257 e. The van der Waals surface area contributed by atoms with Gasteiger partial charge < -0.3 is 14.6 Å². The van der Waals surface area contributed by atoms with E-state index in [0.717, 1.165) is 68.9 Å². The van der Waals surface area contributed by atoms with Gasteiger partial charge in [-0.1, -0.05) is 12.1 Å². The fourth-order valence-corrected chi connectivity index (χ4v) is 5.26. The summed E-state index contributed by atoms with van der Waals surface area (Å²) in [6.45, 7) is 5.59. The van der Waals surface area contributed by atoms with E-state index in [-0.39, 0.29) is 5.91 Å². The Labute approximate surface area is 206 Å². The van der Waals surface area contributed by atoms with E-state index < -0.39 is 5.41 Å². The molecule has 0 radical (unpaired) electrons. The molecule has 3 aromatic rings. The summed E-state index contributed by atoms with van der Waals surface area (Å²) in [5, 5.41) is 13.0. The van der Waals surface area contributed by atoms with Crippen molar-refractivity contribution in [1.29, 1.82) is 5.26 Å². The van der Waals surface area contributed by atoms with Gasteiger partial charge in [0.2, 0.25) is 0 Å². The summed E-state index contributed by atoms with van der Waals surface area (Å²) in [7, 11) is 0. The Morgan fingerprint density at radius 1 is 1.17 bits per heavy atom. The number of anilines is 1. The summed E-state index contributed by atoms with van der Waals surface area (Å²) in [6, 6.07) is 16.8. The number of aromatic nitrogens is 2. The SMILES string of the molecule is Cc1cccc(-n2ccc(C(=O)Nc3ccc(C4(C#N)CCC(N5CCOCC5)CC4)nc3)c2)c1. The van der Waals surface area contributed by atoms with Gasteiger partial charge in [0, 0.05) is 37.2 Å². The molecule has 2 fully saturated rings. The first-order valence-electron chi connectivity index (χ1n) is 12.3. The highest BCUT2D eigenvalue weighted by molar-refractivity contribution is 6.04. The van der Waals surface area contributed by atoms with Crippen molar-refractivity contribution in [2.45, 2.75) is 44.1 Å². The molecule has 5 rings (SSSR count). The molecule has 1 amide bonds. The highest BCUT2D eigenvalue weighted by Crippen LogP contribution is 2.40. The molecule has 3 heterocycles. The van der Waals surface area contributed by atoms with Gasteiger partial charge in [-0.15, -0.1) is 0 Å². The van der Waals surface area contributed by atoms with Crippen LogP contribution in [0.4, 0.5) is 5.69 Å². The first-order chi connectivity index (χ1) is 17.1. The molecule has 0 spiro atoms. The Morgan fingerprint density at radius 3 is 2.66 bits per heavy atom. The maximum atomic E-state index is 12.8. The number of benzene rings is 1. The number of aryl methyl sites for hydroxylation is 1. The minimum Gasteiger partial charge on any atom is -0.379 e. The molecule has 2 aromatic heterocycles. The normalized spacial score (nSPS) is 22.9. The lowest BCUT2D eigenvalue weighted by atomic mass is 9.71. The van der Waals surface area contributed by atoms with Crippen LogP contribution in [0.3, 0.4) is 0 Å². The smallest absolute Gasteiger partial charge is 0.257 e. The molecule has 1 aliphatic heterocycles. The average Bonchev–Trinajstić information content (AvgIpc) is 3.41. The van der Waals surface area contributed by atoms with E-state index >= 15 is 0 Å². The molecule has 7 heteroatoms. The lowest BCUT2D eigenvalue weighted by Crippen LogP contribution is -2.47. The number of nitriles is 1. The predicted molar refractivity (Wildman–Crippen MR) is 135 cm³/mol. The maximum absolute atomic E-state index is 12.8. The number of hydrogen-bond donors (Lipinski definition) is 1. The van der Waals surface area contributed by atoms with Crippen molar-refractivity contribution in [2.24, 2.45) is 0 Å². The zero-order chi connectivity index (χ0) is 24.3. The topological polar surface area (TPSA) is 83.2 Å². The van der Waals surface area contributed by atoms with E-state index in [4.69, 9.17) is 4.74 Å². The van der Waals surface area contributed by atoms with Crippen LogP contribution in [0.5, 0.6) is 0 Å². The van der Waals surface area contributed by atoms with Crippen LogP contribution in [0.15, 0.2) is 61.1 Å². The quantitative estimate of drug-likeness (QED) is 0.596. The standard InChI is InChI=1S/C28H31N5O2/c1-21-3-2-4-25(17-21)33-12-9-22(19-33)27(34)31-23-5-6-26(30-18-23)28(20-29)10-7-24(8-11-28)32-13-15-35-16-14-32/h2-6,9,12,17-19,24H,7-8,10-11,13-16H2,1H3,(H,31,34). The van der Waals surface area contributed by atoms with E-state index in [1.54, 1.807) is 12.3 Å². The second kappa shape index (κ2) is 10.0. The molecule has 7 nitrogen and oxygen atoms in total. The Balaban J connectivity index is 1.22. The van der Waals surface area contributed by atoms with Gasteiger partial charge in [-0.3, -0.25) is 14.7 Å². The number of pyridine rings is 1. The van der Waals surface area contributed by atoms with Crippen molar-refractivity contribution >= 4 is 11.6 Å². The van der Waals surface area contributed by atoms with Crippen LogP contribution in [0.25, 0.3) is 5.69 Å². The number of rotatable bonds is 5. The van der Waals surface area contributed by atoms with Crippen molar-refractivity contribution in [3.05, 3.63) is 77.9 Å². The van der Waals surface area contributed by atoms with Crippen LogP contribution in [0.1, 0.15) is 47.3 Å². The highest BCUT2D eigenvalue weighted by Gasteiger charge is 2.40. The third kappa shape index (κ3) is 5.00. The summed E-state index contributed by atoms with van der Waals surface area (Å²) in [5.41, 5.74) is 3.61. The summed E-state index contributed by atoms with van der Waals surface area (Å²) in [6.07, 6.45) is 8.96. The van der Waals surface area contributed by atoms with Gasteiger partial charge in [0.05, 0.1) is 47.8 Å². The minimum atomic E-state index is -0.559. The number of ether oxygens (including phenoxy) is 1. The molecule has 2 aliphatic rings. The number of nitrogens with one attached hydrogen (secondary N) is 1. The fourth-order valence-electron chi connectivity index (χ4n) is 5.26. The summed E-state index contributed by atoms with van der Waals surface area (Å²) in [5.74, 6) is -0.188. The first kappa shape index (κ1) is 23.3. The monoisotopic (exact) mass is 469 g/mol. The molecule has 1 saturated heterocycles. The van der Waals surface area contributed by atoms with Gasteiger partial charge in [0.15, 0.2) is 0 Å². The van der Waals surface area contributed by atoms with E-state index in [0.29, 0.717) is 17.3 Å². The fraction of sp³-hybridized carbons (Fsp3) is 0.393. The van der Waals surface area contributed by atoms with E-state index in [1.165, 1.54) is 0 Å². The summed E-state index contributed by atoms with van der Waals surface area (Å²) >= 11 is 0. The number of amides is 1. The molecular weight excluding hydrogens is 438 g/mol. The first-order valence-corrected chi connectivity index (χ1v) is 12.3. The molecule has 35 heavy (non-hydrogen) atoms. The minimum absolute atomic E-state index is 0.188. The molecule has 1 N–H and O–H groups in total. The molecule has 1 aromatic carbocycles. The number of morpholine rings is 1. The Bertz CT molecular complexity index is 1210. The predicted octanol–water partition coefficient (Wildman–Crippen LogP) is 4.47. The van der Waals surface area contributed by atoms with Crippen molar-refractivity contribution < 1.29 is 9.53 Å². The number of nitrogens with zero attached hydrogens (tertiary/aromatic N) is 4. The zero-order valence-electron chi connectivity index (χ0n) is 20.1. The van der Waals surface area contributed by atoms with Gasteiger partial charge in [-0.05, 0) is 68.5 Å². The molecule has 1 aliphatic carbocycles. The van der Waals surface area contributed by atoms with Crippen LogP contribution in [0, 0.1) is 18.3 Å². The van der Waals surface area contributed by atoms with Gasteiger partial charge in [-0.25, -0.2) is 0 Å². The second-order valence-electron chi connectivity index (χ2n) is 9.61. The highest BCUT2D eigenvalue weighted by atomic mass is 16.5. The van der Waals surface area contributed by atoms with Crippen molar-refractivity contribution in [1.82, 2.24) is 14.5 Å². The molecule has 0 atom stereocenters. The molecular formula is C28H31N5O2. The Hall–Kier alpha value is -3.47. The zero-order valence-corrected chi connectivity index (χ0v) is 20.1. The van der Waals surface area contributed by atoms with Crippen molar-refractivity contribution in [3.8, 4) is 11.8 Å². The molecule has 0 unspecified atom stereocenters. The Morgan fingerprint density at radius 2 is 1.97 bits per heavy atom.